The molecule has 0 aliphatic carbocycles. The predicted octanol–water partition coefficient (Wildman–Crippen LogP) is 4.27. The Morgan fingerprint density at radius 3 is 2.68 bits per heavy atom. The second-order valence-electron chi connectivity index (χ2n) is 4.22. The molecule has 5 heteroatoms. The van der Waals surface area contributed by atoms with Crippen molar-refractivity contribution >= 4 is 17.3 Å². The lowest BCUT2D eigenvalue weighted by Crippen LogP contribution is -1.99. The molecule has 1 atom stereocenters. The van der Waals surface area contributed by atoms with E-state index in [1.165, 1.54) is 6.07 Å². The van der Waals surface area contributed by atoms with Gasteiger partial charge in [-0.15, -0.1) is 11.6 Å². The third kappa shape index (κ3) is 3.15. The van der Waals surface area contributed by atoms with Crippen LogP contribution in [0.2, 0.25) is 0 Å². The van der Waals surface area contributed by atoms with Crippen LogP contribution in [0.15, 0.2) is 40.8 Å². The molecule has 1 aromatic carbocycles. The van der Waals surface area contributed by atoms with Crippen molar-refractivity contribution in [2.45, 2.75) is 25.1 Å². The van der Waals surface area contributed by atoms with E-state index in [2.05, 4.69) is 0 Å². The van der Waals surface area contributed by atoms with Gasteiger partial charge in [0, 0.05) is 24.5 Å². The molecule has 0 saturated heterocycles. The molecule has 4 nitrogen and oxygen atoms in total. The number of benzene rings is 1. The van der Waals surface area contributed by atoms with E-state index in [-0.39, 0.29) is 5.69 Å². The second-order valence-corrected chi connectivity index (χ2v) is 4.74. The topological polar surface area (TPSA) is 56.3 Å². The molecular weight excluding hydrogens is 266 g/mol. The summed E-state index contributed by atoms with van der Waals surface area (Å²) in [6.07, 6.45) is 1.17. The van der Waals surface area contributed by atoms with Crippen LogP contribution in [0.1, 0.15) is 29.4 Å². The molecule has 1 aromatic heterocycles. The summed E-state index contributed by atoms with van der Waals surface area (Å²) in [6, 6.07) is 10.3. The molecule has 2 rings (SSSR count). The molecule has 0 aliphatic rings. The van der Waals surface area contributed by atoms with Crippen LogP contribution in [0.25, 0.3) is 0 Å². The number of alkyl halides is 1. The van der Waals surface area contributed by atoms with Crippen LogP contribution in [0, 0.1) is 10.1 Å². The number of halogens is 1. The standard InChI is InChI=1S/C14H14ClNO3/c1-2-11-7-8-14(19-11)12(15)9-10-5-3-4-6-13(10)16(17)18/h3-8,12H,2,9H2,1H3. The van der Waals surface area contributed by atoms with E-state index in [1.807, 2.05) is 19.1 Å². The van der Waals surface area contributed by atoms with Crippen molar-refractivity contribution in [3.8, 4) is 0 Å². The first kappa shape index (κ1) is 13.6. The van der Waals surface area contributed by atoms with E-state index < -0.39 is 10.3 Å². The summed E-state index contributed by atoms with van der Waals surface area (Å²) in [6.45, 7) is 1.99. The van der Waals surface area contributed by atoms with E-state index in [1.54, 1.807) is 18.2 Å². The van der Waals surface area contributed by atoms with Gasteiger partial charge in [0.1, 0.15) is 11.5 Å². The smallest absolute Gasteiger partial charge is 0.272 e. The average molecular weight is 280 g/mol. The molecule has 0 N–H and O–H groups in total. The van der Waals surface area contributed by atoms with Gasteiger partial charge in [0.15, 0.2) is 0 Å². The monoisotopic (exact) mass is 279 g/mol. The first-order valence-electron chi connectivity index (χ1n) is 6.06. The number of rotatable bonds is 5. The van der Waals surface area contributed by atoms with Crippen molar-refractivity contribution in [1.82, 2.24) is 0 Å². The van der Waals surface area contributed by atoms with Gasteiger partial charge in [-0.3, -0.25) is 10.1 Å². The fraction of sp³-hybridized carbons (Fsp3) is 0.286. The van der Waals surface area contributed by atoms with Crippen molar-refractivity contribution in [2.75, 3.05) is 0 Å². The Bertz CT molecular complexity index is 580. The minimum Gasteiger partial charge on any atom is -0.465 e. The van der Waals surface area contributed by atoms with Gasteiger partial charge in [-0.1, -0.05) is 25.1 Å². The zero-order chi connectivity index (χ0) is 13.8. The van der Waals surface area contributed by atoms with Gasteiger partial charge in [-0.25, -0.2) is 0 Å². The lowest BCUT2D eigenvalue weighted by Gasteiger charge is -2.07. The van der Waals surface area contributed by atoms with Crippen LogP contribution in [0.5, 0.6) is 0 Å². The van der Waals surface area contributed by atoms with Crippen LogP contribution in [-0.4, -0.2) is 4.92 Å². The van der Waals surface area contributed by atoms with Crippen LogP contribution in [-0.2, 0) is 12.8 Å². The van der Waals surface area contributed by atoms with E-state index in [4.69, 9.17) is 16.0 Å². The first-order valence-corrected chi connectivity index (χ1v) is 6.50. The zero-order valence-corrected chi connectivity index (χ0v) is 11.3. The summed E-state index contributed by atoms with van der Waals surface area (Å²) in [5.41, 5.74) is 0.706. The summed E-state index contributed by atoms with van der Waals surface area (Å²) in [5.74, 6) is 1.51. The molecule has 0 bridgehead atoms. The maximum Gasteiger partial charge on any atom is 0.272 e. The number of hydrogen-bond acceptors (Lipinski definition) is 3. The van der Waals surface area contributed by atoms with Crippen LogP contribution >= 0.6 is 11.6 Å². The highest BCUT2D eigenvalue weighted by molar-refractivity contribution is 6.20. The summed E-state index contributed by atoms with van der Waals surface area (Å²) in [4.78, 5) is 10.5. The van der Waals surface area contributed by atoms with Crippen LogP contribution in [0.3, 0.4) is 0 Å². The van der Waals surface area contributed by atoms with E-state index in [0.717, 1.165) is 12.2 Å². The molecule has 19 heavy (non-hydrogen) atoms. The summed E-state index contributed by atoms with van der Waals surface area (Å²) >= 11 is 6.27. The van der Waals surface area contributed by atoms with Crippen molar-refractivity contribution in [2.24, 2.45) is 0 Å². The van der Waals surface area contributed by atoms with E-state index >= 15 is 0 Å². The molecule has 0 aliphatic heterocycles. The van der Waals surface area contributed by atoms with Gasteiger partial charge in [0.25, 0.3) is 5.69 Å². The average Bonchev–Trinajstić information content (AvgIpc) is 2.88. The van der Waals surface area contributed by atoms with Crippen molar-refractivity contribution < 1.29 is 9.34 Å². The highest BCUT2D eigenvalue weighted by Crippen LogP contribution is 2.30. The maximum atomic E-state index is 10.9. The lowest BCUT2D eigenvalue weighted by molar-refractivity contribution is -0.385. The Hall–Kier alpha value is -1.81. The Balaban J connectivity index is 2.19. The van der Waals surface area contributed by atoms with Crippen molar-refractivity contribution in [1.29, 1.82) is 0 Å². The van der Waals surface area contributed by atoms with Gasteiger partial charge in [0.2, 0.25) is 0 Å². The molecule has 1 unspecified atom stereocenters. The van der Waals surface area contributed by atoms with Gasteiger partial charge >= 0.3 is 0 Å². The third-order valence-electron chi connectivity index (χ3n) is 2.93. The number of furan rings is 1. The van der Waals surface area contributed by atoms with Gasteiger partial charge < -0.3 is 4.42 Å². The van der Waals surface area contributed by atoms with Crippen LogP contribution < -0.4 is 0 Å². The molecule has 0 fully saturated rings. The number of nitro benzene ring substituents is 1. The molecular formula is C14H14ClNO3. The molecule has 0 saturated carbocycles. The number of nitro groups is 1. The van der Waals surface area contributed by atoms with Crippen LogP contribution in [0.4, 0.5) is 5.69 Å². The number of para-hydroxylation sites is 1. The molecule has 100 valence electrons. The maximum absolute atomic E-state index is 10.9. The Morgan fingerprint density at radius 1 is 1.32 bits per heavy atom. The highest BCUT2D eigenvalue weighted by Gasteiger charge is 2.19. The predicted molar refractivity (Wildman–Crippen MR) is 73.5 cm³/mol. The van der Waals surface area contributed by atoms with Crippen molar-refractivity contribution in [3.05, 3.63) is 63.6 Å². The zero-order valence-electron chi connectivity index (χ0n) is 10.5. The summed E-state index contributed by atoms with van der Waals surface area (Å²) in [7, 11) is 0. The molecule has 0 radical (unpaired) electrons. The number of hydrogen-bond donors (Lipinski definition) is 0. The molecule has 2 aromatic rings. The largest absolute Gasteiger partial charge is 0.465 e. The minimum atomic E-state index is -0.401. The number of nitrogens with zero attached hydrogens (tertiary/aromatic N) is 1. The van der Waals surface area contributed by atoms with Gasteiger partial charge in [-0.2, -0.15) is 0 Å². The molecule has 0 amide bonds. The van der Waals surface area contributed by atoms with Gasteiger partial charge in [0.05, 0.1) is 10.3 Å². The normalized spacial score (nSPS) is 12.3. The fourth-order valence-electron chi connectivity index (χ4n) is 1.91. The summed E-state index contributed by atoms with van der Waals surface area (Å²) < 4.78 is 5.57. The van der Waals surface area contributed by atoms with Crippen molar-refractivity contribution in [3.63, 3.8) is 0 Å². The first-order chi connectivity index (χ1) is 9.11. The van der Waals surface area contributed by atoms with Gasteiger partial charge in [-0.05, 0) is 12.1 Å². The highest BCUT2D eigenvalue weighted by atomic mass is 35.5. The third-order valence-corrected chi connectivity index (χ3v) is 3.30. The molecule has 0 spiro atoms. The van der Waals surface area contributed by atoms with E-state index in [0.29, 0.717) is 17.7 Å². The fourth-order valence-corrected chi connectivity index (χ4v) is 2.19. The Kier molecular flexibility index (Phi) is 4.22. The Morgan fingerprint density at radius 2 is 2.05 bits per heavy atom. The lowest BCUT2D eigenvalue weighted by atomic mass is 10.1. The van der Waals surface area contributed by atoms with E-state index in [9.17, 15) is 10.1 Å². The summed E-state index contributed by atoms with van der Waals surface area (Å²) in [5, 5.41) is 10.5. The Labute approximate surface area is 116 Å². The molecule has 1 heterocycles. The SMILES string of the molecule is CCc1ccc(C(Cl)Cc2ccccc2[N+](=O)[O-])o1. The number of aryl methyl sites for hydroxylation is 1. The quantitative estimate of drug-likeness (QED) is 0.466. The second kappa shape index (κ2) is 5.89. The minimum absolute atomic E-state index is 0.0930.